The molecule has 2 aromatic heterocycles. The second-order valence-corrected chi connectivity index (χ2v) is 10.2. The quantitative estimate of drug-likeness (QED) is 0.224. The lowest BCUT2D eigenvalue weighted by Crippen LogP contribution is -2.29. The Bertz CT molecular complexity index is 1750. The molecular formula is C33H34N4O4. The molecule has 0 bridgehead atoms. The lowest BCUT2D eigenvalue weighted by molar-refractivity contribution is 0.242. The highest BCUT2D eigenvalue weighted by Gasteiger charge is 2.19. The monoisotopic (exact) mass is 550 g/mol. The Morgan fingerprint density at radius 3 is 2.34 bits per heavy atom. The maximum Gasteiger partial charge on any atom is 0.439 e. The molecule has 1 N–H and O–H groups in total. The van der Waals surface area contributed by atoms with Gasteiger partial charge in [-0.25, -0.2) is 9.78 Å². The topological polar surface area (TPSA) is 103 Å². The average molecular weight is 551 g/mol. The van der Waals surface area contributed by atoms with E-state index in [1.165, 1.54) is 0 Å². The van der Waals surface area contributed by atoms with Gasteiger partial charge in [0.2, 0.25) is 0 Å². The van der Waals surface area contributed by atoms with Gasteiger partial charge in [0.15, 0.2) is 5.82 Å². The van der Waals surface area contributed by atoms with Crippen LogP contribution in [0.2, 0.25) is 0 Å². The molecule has 2 heterocycles. The second-order valence-electron chi connectivity index (χ2n) is 10.2. The van der Waals surface area contributed by atoms with Crippen molar-refractivity contribution in [3.63, 3.8) is 0 Å². The van der Waals surface area contributed by atoms with Gasteiger partial charge in [-0.15, -0.1) is 0 Å². The van der Waals surface area contributed by atoms with Crippen LogP contribution in [-0.4, -0.2) is 25.8 Å². The molecular weight excluding hydrogens is 516 g/mol. The summed E-state index contributed by atoms with van der Waals surface area (Å²) in [5.41, 5.74) is 5.63. The fourth-order valence-electron chi connectivity index (χ4n) is 5.04. The lowest BCUT2D eigenvalue weighted by atomic mass is 9.94. The zero-order valence-electron chi connectivity index (χ0n) is 23.8. The van der Waals surface area contributed by atoms with Crippen LogP contribution in [0.1, 0.15) is 56.8 Å². The number of aryl methyl sites for hydroxylation is 2. The molecule has 5 aromatic rings. The number of ether oxygens (including phenoxy) is 1. The summed E-state index contributed by atoms with van der Waals surface area (Å²) < 4.78 is 12.3. The molecule has 0 aliphatic rings. The van der Waals surface area contributed by atoms with Crippen molar-refractivity contribution in [1.82, 2.24) is 19.7 Å². The minimum absolute atomic E-state index is 0.0598. The molecule has 0 aliphatic heterocycles. The first-order chi connectivity index (χ1) is 19.9. The van der Waals surface area contributed by atoms with Gasteiger partial charge in [0.05, 0.1) is 17.5 Å². The van der Waals surface area contributed by atoms with E-state index in [-0.39, 0.29) is 11.7 Å². The first kappa shape index (κ1) is 27.8. The zero-order valence-corrected chi connectivity index (χ0v) is 23.8. The van der Waals surface area contributed by atoms with Crippen LogP contribution >= 0.6 is 0 Å². The minimum Gasteiger partial charge on any atom is -0.491 e. The first-order valence-electron chi connectivity index (χ1n) is 14.0. The number of nitrogens with one attached hydrogen (secondary N) is 1. The van der Waals surface area contributed by atoms with Gasteiger partial charge >= 0.3 is 5.76 Å². The van der Waals surface area contributed by atoms with Crippen LogP contribution in [-0.2, 0) is 19.3 Å². The van der Waals surface area contributed by atoms with Crippen molar-refractivity contribution in [2.75, 3.05) is 0 Å². The van der Waals surface area contributed by atoms with Gasteiger partial charge in [0, 0.05) is 24.0 Å². The van der Waals surface area contributed by atoms with Crippen molar-refractivity contribution in [2.45, 2.75) is 59.5 Å². The Hall–Kier alpha value is -4.72. The van der Waals surface area contributed by atoms with Crippen molar-refractivity contribution < 1.29 is 9.26 Å². The number of aromatic nitrogens is 4. The van der Waals surface area contributed by atoms with E-state index >= 15 is 0 Å². The van der Waals surface area contributed by atoms with E-state index in [1.807, 2.05) is 93.6 Å². The van der Waals surface area contributed by atoms with Crippen molar-refractivity contribution in [2.24, 2.45) is 0 Å². The smallest absolute Gasteiger partial charge is 0.439 e. The van der Waals surface area contributed by atoms with E-state index in [2.05, 4.69) is 17.1 Å². The number of H-pyrrole nitrogens is 1. The van der Waals surface area contributed by atoms with Crippen molar-refractivity contribution >= 4 is 0 Å². The summed E-state index contributed by atoms with van der Waals surface area (Å²) in [5.74, 6) is 1.19. The highest BCUT2D eigenvalue weighted by molar-refractivity contribution is 5.81. The number of rotatable bonds is 10. The third kappa shape index (κ3) is 6.06. The third-order valence-electron chi connectivity index (χ3n) is 6.85. The molecule has 0 aliphatic carbocycles. The van der Waals surface area contributed by atoms with Gasteiger partial charge in [-0.2, -0.15) is 0 Å². The highest BCUT2D eigenvalue weighted by Crippen LogP contribution is 2.31. The fraction of sp³-hybridized carbons (Fsp3) is 0.273. The van der Waals surface area contributed by atoms with Crippen LogP contribution in [0, 0.1) is 0 Å². The predicted octanol–water partition coefficient (Wildman–Crippen LogP) is 6.14. The Labute approximate surface area is 238 Å². The maximum atomic E-state index is 14.2. The fourth-order valence-corrected chi connectivity index (χ4v) is 5.04. The summed E-state index contributed by atoms with van der Waals surface area (Å²) in [6.45, 7) is 8.06. The third-order valence-corrected chi connectivity index (χ3v) is 6.85. The maximum absolute atomic E-state index is 14.2. The van der Waals surface area contributed by atoms with Crippen LogP contribution in [0.25, 0.3) is 28.2 Å². The Morgan fingerprint density at radius 2 is 1.71 bits per heavy atom. The molecule has 41 heavy (non-hydrogen) atoms. The van der Waals surface area contributed by atoms with Gasteiger partial charge in [-0.3, -0.25) is 18.9 Å². The summed E-state index contributed by atoms with van der Waals surface area (Å²) in [4.78, 5) is 33.7. The summed E-state index contributed by atoms with van der Waals surface area (Å²) >= 11 is 0. The molecule has 0 saturated carbocycles. The van der Waals surface area contributed by atoms with Gasteiger partial charge in [-0.1, -0.05) is 67.9 Å². The average Bonchev–Trinajstić information content (AvgIpc) is 3.41. The van der Waals surface area contributed by atoms with Crippen LogP contribution < -0.4 is 16.1 Å². The second kappa shape index (κ2) is 12.2. The van der Waals surface area contributed by atoms with Crippen molar-refractivity contribution in [3.05, 3.63) is 116 Å². The van der Waals surface area contributed by atoms with E-state index in [9.17, 15) is 9.59 Å². The normalized spacial score (nSPS) is 11.2. The molecule has 8 nitrogen and oxygen atoms in total. The molecule has 0 spiro atoms. The predicted molar refractivity (Wildman–Crippen MR) is 160 cm³/mol. The van der Waals surface area contributed by atoms with E-state index in [0.717, 1.165) is 51.6 Å². The standard InChI is InChI=1S/C33H34N4O4/c1-5-10-29-28(32(38)37(30(6-2)34-29)24-14-16-25(17-15-24)40-21(3)4)20-22-13-18-26(23-11-8-7-9-12-23)27(19-22)31-35-33(39)41-36-31/h7-9,11-19,21H,5-6,10,20H2,1-4H3,(H,35,36,39). The van der Waals surface area contributed by atoms with Crippen LogP contribution in [0.3, 0.4) is 0 Å². The molecule has 0 atom stereocenters. The molecule has 0 unspecified atom stereocenters. The summed E-state index contributed by atoms with van der Waals surface area (Å²) in [5, 5.41) is 3.95. The lowest BCUT2D eigenvalue weighted by Gasteiger charge is -2.18. The zero-order chi connectivity index (χ0) is 28.9. The van der Waals surface area contributed by atoms with Gasteiger partial charge < -0.3 is 4.74 Å². The first-order valence-corrected chi connectivity index (χ1v) is 14.0. The van der Waals surface area contributed by atoms with Gasteiger partial charge in [0.25, 0.3) is 5.56 Å². The van der Waals surface area contributed by atoms with E-state index in [4.69, 9.17) is 14.2 Å². The molecule has 0 radical (unpaired) electrons. The van der Waals surface area contributed by atoms with Crippen LogP contribution in [0.5, 0.6) is 5.75 Å². The Morgan fingerprint density at radius 1 is 0.951 bits per heavy atom. The van der Waals surface area contributed by atoms with Gasteiger partial charge in [0.1, 0.15) is 11.6 Å². The Balaban J connectivity index is 1.62. The number of hydrogen-bond donors (Lipinski definition) is 1. The van der Waals surface area contributed by atoms with Crippen molar-refractivity contribution in [3.8, 4) is 34.0 Å². The largest absolute Gasteiger partial charge is 0.491 e. The summed E-state index contributed by atoms with van der Waals surface area (Å²) in [6.07, 6.45) is 2.62. The number of hydrogen-bond acceptors (Lipinski definition) is 6. The van der Waals surface area contributed by atoms with Gasteiger partial charge in [-0.05, 0) is 67.3 Å². The molecule has 210 valence electrons. The highest BCUT2D eigenvalue weighted by atomic mass is 16.5. The summed E-state index contributed by atoms with van der Waals surface area (Å²) in [6, 6.07) is 23.4. The molecule has 8 heteroatoms. The molecule has 0 fully saturated rings. The molecule has 0 amide bonds. The molecule has 0 saturated heterocycles. The van der Waals surface area contributed by atoms with E-state index < -0.39 is 5.76 Å². The number of benzene rings is 3. The SMILES string of the molecule is CCCc1nc(CC)n(-c2ccc(OC(C)C)cc2)c(=O)c1Cc1ccc(-c2ccccc2)c(-c2noc(=O)[nH]2)c1. The number of nitrogens with zero attached hydrogens (tertiary/aromatic N) is 3. The minimum atomic E-state index is -0.623. The Kier molecular flexibility index (Phi) is 8.29. The number of aromatic amines is 1. The van der Waals surface area contributed by atoms with Crippen molar-refractivity contribution in [1.29, 1.82) is 0 Å². The molecule has 5 rings (SSSR count). The van der Waals surface area contributed by atoms with Crippen LogP contribution in [0.4, 0.5) is 0 Å². The van der Waals surface area contributed by atoms with Crippen LogP contribution in [0.15, 0.2) is 86.9 Å². The van der Waals surface area contributed by atoms with E-state index in [0.29, 0.717) is 30.7 Å². The molecule has 3 aromatic carbocycles. The summed E-state index contributed by atoms with van der Waals surface area (Å²) in [7, 11) is 0. The van der Waals surface area contributed by atoms with E-state index in [1.54, 1.807) is 4.57 Å².